The predicted molar refractivity (Wildman–Crippen MR) is 108 cm³/mol. The molecule has 2 aromatic carbocycles. The van der Waals surface area contributed by atoms with E-state index >= 15 is 0 Å². The molecule has 7 nitrogen and oxygen atoms in total. The summed E-state index contributed by atoms with van der Waals surface area (Å²) in [6, 6.07) is 14.4. The van der Waals surface area contributed by atoms with Gasteiger partial charge in [0, 0.05) is 30.8 Å². The molecule has 0 unspecified atom stereocenters. The predicted octanol–water partition coefficient (Wildman–Crippen LogP) is 3.90. The zero-order valence-electron chi connectivity index (χ0n) is 15.8. The van der Waals surface area contributed by atoms with Crippen molar-refractivity contribution < 1.29 is 19.5 Å². The molecule has 0 spiro atoms. The van der Waals surface area contributed by atoms with Crippen molar-refractivity contribution in [1.29, 1.82) is 0 Å². The molecule has 0 saturated carbocycles. The van der Waals surface area contributed by atoms with Gasteiger partial charge in [-0.3, -0.25) is 9.59 Å². The molecule has 0 heterocycles. The number of anilines is 2. The molecular weight excluding hydrogens is 358 g/mol. The fourth-order valence-electron chi connectivity index (χ4n) is 2.63. The Morgan fingerprint density at radius 2 is 1.54 bits per heavy atom. The van der Waals surface area contributed by atoms with Crippen LogP contribution in [0.2, 0.25) is 0 Å². The van der Waals surface area contributed by atoms with E-state index in [1.165, 1.54) is 0 Å². The van der Waals surface area contributed by atoms with Gasteiger partial charge in [-0.05, 0) is 55.2 Å². The van der Waals surface area contributed by atoms with Gasteiger partial charge >= 0.3 is 12.0 Å². The average molecular weight is 383 g/mol. The van der Waals surface area contributed by atoms with Gasteiger partial charge < -0.3 is 21.1 Å². The number of aliphatic carboxylic acids is 1. The number of carboxylic acids is 1. The summed E-state index contributed by atoms with van der Waals surface area (Å²) in [6.07, 6.45) is 1.40. The highest BCUT2D eigenvalue weighted by atomic mass is 16.4. The van der Waals surface area contributed by atoms with Crippen LogP contribution in [0.1, 0.15) is 36.8 Å². The summed E-state index contributed by atoms with van der Waals surface area (Å²) < 4.78 is 0. The van der Waals surface area contributed by atoms with Crippen LogP contribution in [0.25, 0.3) is 0 Å². The third-order valence-corrected chi connectivity index (χ3v) is 3.99. The van der Waals surface area contributed by atoms with Crippen molar-refractivity contribution in [2.24, 2.45) is 0 Å². The van der Waals surface area contributed by atoms with Crippen LogP contribution in [-0.2, 0) is 16.1 Å². The first-order valence-electron chi connectivity index (χ1n) is 9.14. The van der Waals surface area contributed by atoms with E-state index in [0.29, 0.717) is 37.2 Å². The van der Waals surface area contributed by atoms with Crippen LogP contribution in [0.3, 0.4) is 0 Å². The van der Waals surface area contributed by atoms with E-state index in [2.05, 4.69) is 16.0 Å². The molecule has 0 aliphatic rings. The van der Waals surface area contributed by atoms with Gasteiger partial charge in [0.05, 0.1) is 0 Å². The van der Waals surface area contributed by atoms with Crippen molar-refractivity contribution in [3.05, 3.63) is 59.7 Å². The zero-order valence-corrected chi connectivity index (χ0v) is 15.8. The molecule has 0 aliphatic heterocycles. The third-order valence-electron chi connectivity index (χ3n) is 3.99. The number of urea groups is 1. The van der Waals surface area contributed by atoms with Crippen molar-refractivity contribution in [3.8, 4) is 0 Å². The Morgan fingerprint density at radius 3 is 2.21 bits per heavy atom. The van der Waals surface area contributed by atoms with Gasteiger partial charge in [-0.2, -0.15) is 0 Å². The number of carbonyl (C=O) groups excluding carboxylic acids is 2. The van der Waals surface area contributed by atoms with Crippen LogP contribution in [0.4, 0.5) is 16.2 Å². The van der Waals surface area contributed by atoms with Crippen LogP contribution in [0.15, 0.2) is 48.5 Å². The highest BCUT2D eigenvalue weighted by Gasteiger charge is 2.06. The fourth-order valence-corrected chi connectivity index (χ4v) is 2.63. The number of hydrogen-bond donors (Lipinski definition) is 4. The van der Waals surface area contributed by atoms with Crippen molar-refractivity contribution in [2.45, 2.75) is 39.2 Å². The SMILES string of the molecule is Cc1cccc(NC(=O)Nc2cccc(CNC(=O)CCCCC(=O)O)c2)c1. The van der Waals surface area contributed by atoms with Gasteiger partial charge in [0.1, 0.15) is 0 Å². The normalized spacial score (nSPS) is 10.2. The molecule has 3 amide bonds. The molecule has 0 atom stereocenters. The van der Waals surface area contributed by atoms with Crippen LogP contribution in [-0.4, -0.2) is 23.0 Å². The second kappa shape index (κ2) is 10.7. The lowest BCUT2D eigenvalue weighted by molar-refractivity contribution is -0.137. The maximum absolute atomic E-state index is 12.1. The van der Waals surface area contributed by atoms with E-state index in [0.717, 1.165) is 11.1 Å². The van der Waals surface area contributed by atoms with Gasteiger partial charge in [-0.25, -0.2) is 4.79 Å². The minimum absolute atomic E-state index is 0.0750. The maximum atomic E-state index is 12.1. The lowest BCUT2D eigenvalue weighted by atomic mass is 10.1. The standard InChI is InChI=1S/C21H25N3O4/c1-15-6-4-8-17(12-15)23-21(28)24-18-9-5-7-16(13-18)14-22-19(25)10-2-3-11-20(26)27/h4-9,12-13H,2-3,10-11,14H2,1H3,(H,22,25)(H,26,27)(H2,23,24,28). The van der Waals surface area contributed by atoms with Gasteiger partial charge in [0.25, 0.3) is 0 Å². The number of rotatable bonds is 9. The number of carbonyl (C=O) groups is 3. The number of hydrogen-bond acceptors (Lipinski definition) is 3. The Labute approximate surface area is 164 Å². The minimum atomic E-state index is -0.851. The highest BCUT2D eigenvalue weighted by molar-refractivity contribution is 5.99. The van der Waals surface area contributed by atoms with E-state index in [1.54, 1.807) is 18.2 Å². The quantitative estimate of drug-likeness (QED) is 0.493. The van der Waals surface area contributed by atoms with Crippen molar-refractivity contribution >= 4 is 29.3 Å². The molecule has 148 valence electrons. The topological polar surface area (TPSA) is 108 Å². The Balaban J connectivity index is 1.78. The van der Waals surface area contributed by atoms with Crippen LogP contribution < -0.4 is 16.0 Å². The first kappa shape index (κ1) is 21.0. The molecule has 0 radical (unpaired) electrons. The molecule has 4 N–H and O–H groups in total. The van der Waals surface area contributed by atoms with Gasteiger partial charge in [0.2, 0.25) is 5.91 Å². The molecule has 0 aromatic heterocycles. The molecule has 0 saturated heterocycles. The van der Waals surface area contributed by atoms with Gasteiger partial charge in [0.15, 0.2) is 0 Å². The summed E-state index contributed by atoms with van der Waals surface area (Å²) in [7, 11) is 0. The van der Waals surface area contributed by atoms with Crippen molar-refractivity contribution in [3.63, 3.8) is 0 Å². The average Bonchev–Trinajstić information content (AvgIpc) is 2.63. The number of nitrogens with one attached hydrogen (secondary N) is 3. The summed E-state index contributed by atoms with van der Waals surface area (Å²) >= 11 is 0. The van der Waals surface area contributed by atoms with Crippen LogP contribution >= 0.6 is 0 Å². The third kappa shape index (κ3) is 7.90. The maximum Gasteiger partial charge on any atom is 0.323 e. The van der Waals surface area contributed by atoms with E-state index in [4.69, 9.17) is 5.11 Å². The Bertz CT molecular complexity index is 836. The zero-order chi connectivity index (χ0) is 20.4. The molecule has 2 rings (SSSR count). The Hall–Kier alpha value is -3.35. The Morgan fingerprint density at radius 1 is 0.893 bits per heavy atom. The molecule has 0 fully saturated rings. The summed E-state index contributed by atoms with van der Waals surface area (Å²) in [4.78, 5) is 34.4. The second-order valence-corrected chi connectivity index (χ2v) is 6.53. The Kier molecular flexibility index (Phi) is 8.02. The largest absolute Gasteiger partial charge is 0.481 e. The number of benzene rings is 2. The number of unbranched alkanes of at least 4 members (excludes halogenated alkanes) is 1. The van der Waals surface area contributed by atoms with Crippen LogP contribution in [0, 0.1) is 6.92 Å². The van der Waals surface area contributed by atoms with E-state index < -0.39 is 5.97 Å². The van der Waals surface area contributed by atoms with E-state index in [-0.39, 0.29) is 18.4 Å². The summed E-state index contributed by atoms with van der Waals surface area (Å²) in [5.41, 5.74) is 3.24. The number of aryl methyl sites for hydroxylation is 1. The summed E-state index contributed by atoms with van der Waals surface area (Å²) in [5.74, 6) is -0.975. The first-order chi connectivity index (χ1) is 13.4. The van der Waals surface area contributed by atoms with Gasteiger partial charge in [-0.15, -0.1) is 0 Å². The first-order valence-corrected chi connectivity index (χ1v) is 9.14. The molecule has 7 heteroatoms. The molecule has 28 heavy (non-hydrogen) atoms. The highest BCUT2D eigenvalue weighted by Crippen LogP contribution is 2.13. The summed E-state index contributed by atoms with van der Waals surface area (Å²) in [6.45, 7) is 2.29. The monoisotopic (exact) mass is 383 g/mol. The van der Waals surface area contributed by atoms with Crippen LogP contribution in [0.5, 0.6) is 0 Å². The molecular formula is C21H25N3O4. The van der Waals surface area contributed by atoms with Gasteiger partial charge in [-0.1, -0.05) is 24.3 Å². The minimum Gasteiger partial charge on any atom is -0.481 e. The van der Waals surface area contributed by atoms with E-state index in [1.807, 2.05) is 37.3 Å². The summed E-state index contributed by atoms with van der Waals surface area (Å²) in [5, 5.41) is 16.9. The lowest BCUT2D eigenvalue weighted by Crippen LogP contribution is -2.23. The lowest BCUT2D eigenvalue weighted by Gasteiger charge is -2.10. The van der Waals surface area contributed by atoms with Crippen molar-refractivity contribution in [1.82, 2.24) is 5.32 Å². The van der Waals surface area contributed by atoms with Crippen molar-refractivity contribution in [2.75, 3.05) is 10.6 Å². The molecule has 0 bridgehead atoms. The fraction of sp³-hybridized carbons (Fsp3) is 0.286. The molecule has 0 aliphatic carbocycles. The number of carboxylic acid groups (broad SMARTS) is 1. The number of amides is 3. The second-order valence-electron chi connectivity index (χ2n) is 6.53. The smallest absolute Gasteiger partial charge is 0.323 e. The van der Waals surface area contributed by atoms with E-state index in [9.17, 15) is 14.4 Å². The molecule has 2 aromatic rings.